The monoisotopic (exact) mass is 334 g/mol. The van der Waals surface area contributed by atoms with Gasteiger partial charge in [0.2, 0.25) is 11.8 Å². The van der Waals surface area contributed by atoms with Crippen molar-refractivity contribution < 1.29 is 13.2 Å². The van der Waals surface area contributed by atoms with Crippen LogP contribution in [0.4, 0.5) is 8.78 Å². The summed E-state index contributed by atoms with van der Waals surface area (Å²) in [6, 6.07) is 19.7. The van der Waals surface area contributed by atoms with Crippen LogP contribution in [0.3, 0.4) is 0 Å². The molecule has 0 amide bonds. The summed E-state index contributed by atoms with van der Waals surface area (Å²) in [6.07, 6.45) is 0. The standard InChI is InChI=1S/C20H12F2N2O/c21-17-9-5-14(6-10-17)13-1-3-15(4-2-13)19-23-24-20(25-19)16-7-11-18(22)12-8-16/h1-12H. The molecule has 0 radical (unpaired) electrons. The minimum atomic E-state index is -0.320. The molecule has 122 valence electrons. The Kier molecular flexibility index (Phi) is 3.82. The maximum Gasteiger partial charge on any atom is 0.248 e. The molecule has 1 heterocycles. The zero-order chi connectivity index (χ0) is 17.2. The van der Waals surface area contributed by atoms with Gasteiger partial charge in [0.1, 0.15) is 11.6 Å². The number of aromatic nitrogens is 2. The fourth-order valence-corrected chi connectivity index (χ4v) is 2.50. The lowest BCUT2D eigenvalue weighted by Crippen LogP contribution is -1.81. The number of rotatable bonds is 3. The largest absolute Gasteiger partial charge is 0.416 e. The second-order valence-corrected chi connectivity index (χ2v) is 5.50. The van der Waals surface area contributed by atoms with E-state index in [0.29, 0.717) is 17.3 Å². The van der Waals surface area contributed by atoms with Gasteiger partial charge in [-0.15, -0.1) is 10.2 Å². The Morgan fingerprint density at radius 1 is 0.480 bits per heavy atom. The van der Waals surface area contributed by atoms with Crippen molar-refractivity contribution in [2.24, 2.45) is 0 Å². The molecule has 0 aliphatic carbocycles. The van der Waals surface area contributed by atoms with Crippen LogP contribution in [0.25, 0.3) is 34.0 Å². The first kappa shape index (κ1) is 15.2. The average Bonchev–Trinajstić information content (AvgIpc) is 3.13. The molecule has 0 saturated carbocycles. The molecule has 0 saturated heterocycles. The van der Waals surface area contributed by atoms with Gasteiger partial charge in [0.25, 0.3) is 0 Å². The minimum Gasteiger partial charge on any atom is -0.416 e. The highest BCUT2D eigenvalue weighted by molar-refractivity contribution is 5.67. The van der Waals surface area contributed by atoms with Crippen LogP contribution in [-0.2, 0) is 0 Å². The van der Waals surface area contributed by atoms with Crippen molar-refractivity contribution in [2.45, 2.75) is 0 Å². The van der Waals surface area contributed by atoms with E-state index in [-0.39, 0.29) is 11.6 Å². The lowest BCUT2D eigenvalue weighted by Gasteiger charge is -2.02. The van der Waals surface area contributed by atoms with Crippen molar-refractivity contribution in [1.82, 2.24) is 10.2 Å². The normalized spacial score (nSPS) is 10.8. The van der Waals surface area contributed by atoms with Crippen LogP contribution < -0.4 is 0 Å². The Labute approximate surface area is 142 Å². The van der Waals surface area contributed by atoms with Gasteiger partial charge in [-0.25, -0.2) is 8.78 Å². The Morgan fingerprint density at radius 2 is 0.800 bits per heavy atom. The summed E-state index contributed by atoms with van der Waals surface area (Å²) in [5, 5.41) is 8.04. The molecule has 0 aliphatic rings. The molecular formula is C20H12F2N2O. The smallest absolute Gasteiger partial charge is 0.248 e. The maximum atomic E-state index is 13.0. The van der Waals surface area contributed by atoms with Crippen molar-refractivity contribution in [3.8, 4) is 34.0 Å². The minimum absolute atomic E-state index is 0.264. The van der Waals surface area contributed by atoms with Gasteiger partial charge in [0, 0.05) is 11.1 Å². The zero-order valence-corrected chi connectivity index (χ0v) is 13.0. The van der Waals surface area contributed by atoms with E-state index in [1.165, 1.54) is 24.3 Å². The van der Waals surface area contributed by atoms with E-state index in [1.807, 2.05) is 24.3 Å². The number of benzene rings is 3. The van der Waals surface area contributed by atoms with Crippen LogP contribution >= 0.6 is 0 Å². The Bertz CT molecular complexity index is 991. The summed E-state index contributed by atoms with van der Waals surface area (Å²) in [5.41, 5.74) is 3.31. The summed E-state index contributed by atoms with van der Waals surface area (Å²) in [5.74, 6) is 0.127. The summed E-state index contributed by atoms with van der Waals surface area (Å²) in [4.78, 5) is 0. The fraction of sp³-hybridized carbons (Fsp3) is 0. The molecule has 0 N–H and O–H groups in total. The zero-order valence-electron chi connectivity index (χ0n) is 13.0. The van der Waals surface area contributed by atoms with Gasteiger partial charge in [-0.2, -0.15) is 0 Å². The van der Waals surface area contributed by atoms with Crippen LogP contribution in [0.5, 0.6) is 0 Å². The third-order valence-electron chi connectivity index (χ3n) is 3.83. The molecule has 1 aromatic heterocycles. The van der Waals surface area contributed by atoms with Crippen molar-refractivity contribution >= 4 is 0 Å². The summed E-state index contributed by atoms with van der Waals surface area (Å²) >= 11 is 0. The number of nitrogens with zero attached hydrogens (tertiary/aromatic N) is 2. The predicted molar refractivity (Wildman–Crippen MR) is 90.5 cm³/mol. The molecule has 0 spiro atoms. The van der Waals surface area contributed by atoms with Crippen molar-refractivity contribution in [3.05, 3.63) is 84.4 Å². The summed E-state index contributed by atoms with van der Waals surface area (Å²) in [6.45, 7) is 0. The quantitative estimate of drug-likeness (QED) is 0.507. The van der Waals surface area contributed by atoms with Gasteiger partial charge in [-0.05, 0) is 59.7 Å². The number of hydrogen-bond donors (Lipinski definition) is 0. The third-order valence-corrected chi connectivity index (χ3v) is 3.83. The Hall–Kier alpha value is -3.34. The topological polar surface area (TPSA) is 38.9 Å². The molecule has 3 nitrogen and oxygen atoms in total. The van der Waals surface area contributed by atoms with Crippen molar-refractivity contribution in [2.75, 3.05) is 0 Å². The van der Waals surface area contributed by atoms with E-state index < -0.39 is 0 Å². The molecule has 4 aromatic rings. The van der Waals surface area contributed by atoms with Crippen molar-refractivity contribution in [3.63, 3.8) is 0 Å². The van der Waals surface area contributed by atoms with Crippen LogP contribution in [-0.4, -0.2) is 10.2 Å². The average molecular weight is 334 g/mol. The molecular weight excluding hydrogens is 322 g/mol. The summed E-state index contributed by atoms with van der Waals surface area (Å²) in [7, 11) is 0. The second kappa shape index (κ2) is 6.28. The van der Waals surface area contributed by atoms with Gasteiger partial charge in [0.05, 0.1) is 0 Å². The Morgan fingerprint density at radius 3 is 1.24 bits per heavy atom. The molecule has 5 heteroatoms. The molecule has 0 fully saturated rings. The highest BCUT2D eigenvalue weighted by Gasteiger charge is 2.11. The van der Waals surface area contributed by atoms with Crippen LogP contribution in [0.1, 0.15) is 0 Å². The highest BCUT2D eigenvalue weighted by Crippen LogP contribution is 2.27. The van der Waals surface area contributed by atoms with Crippen LogP contribution in [0.2, 0.25) is 0 Å². The summed E-state index contributed by atoms with van der Waals surface area (Å²) < 4.78 is 31.7. The van der Waals surface area contributed by atoms with Crippen LogP contribution in [0, 0.1) is 11.6 Å². The Balaban J connectivity index is 1.60. The van der Waals surface area contributed by atoms with Gasteiger partial charge in [0.15, 0.2) is 0 Å². The van der Waals surface area contributed by atoms with E-state index in [4.69, 9.17) is 4.42 Å². The second-order valence-electron chi connectivity index (χ2n) is 5.50. The SMILES string of the molecule is Fc1ccc(-c2ccc(-c3nnc(-c4ccc(F)cc4)o3)cc2)cc1. The first-order chi connectivity index (χ1) is 12.2. The molecule has 0 aliphatic heterocycles. The first-order valence-electron chi connectivity index (χ1n) is 7.65. The molecule has 0 bridgehead atoms. The molecule has 0 unspecified atom stereocenters. The van der Waals surface area contributed by atoms with E-state index in [9.17, 15) is 8.78 Å². The molecule has 0 atom stereocenters. The highest BCUT2D eigenvalue weighted by atomic mass is 19.1. The molecule has 25 heavy (non-hydrogen) atoms. The van der Waals surface area contributed by atoms with Gasteiger partial charge >= 0.3 is 0 Å². The lowest BCUT2D eigenvalue weighted by molar-refractivity contribution is 0.584. The maximum absolute atomic E-state index is 13.0. The lowest BCUT2D eigenvalue weighted by atomic mass is 10.0. The van der Waals surface area contributed by atoms with Crippen LogP contribution in [0.15, 0.2) is 77.2 Å². The van der Waals surface area contributed by atoms with E-state index in [1.54, 1.807) is 24.3 Å². The van der Waals surface area contributed by atoms with E-state index >= 15 is 0 Å². The van der Waals surface area contributed by atoms with E-state index in [2.05, 4.69) is 10.2 Å². The van der Waals surface area contributed by atoms with Gasteiger partial charge < -0.3 is 4.42 Å². The predicted octanol–water partition coefficient (Wildman–Crippen LogP) is 5.35. The molecule has 3 aromatic carbocycles. The first-order valence-corrected chi connectivity index (χ1v) is 7.65. The fourth-order valence-electron chi connectivity index (χ4n) is 2.50. The van der Waals surface area contributed by atoms with Crippen molar-refractivity contribution in [1.29, 1.82) is 0 Å². The molecule has 4 rings (SSSR count). The van der Waals surface area contributed by atoms with Gasteiger partial charge in [-0.3, -0.25) is 0 Å². The number of halogens is 2. The van der Waals surface area contributed by atoms with E-state index in [0.717, 1.165) is 16.7 Å². The number of hydrogen-bond acceptors (Lipinski definition) is 3. The van der Waals surface area contributed by atoms with Gasteiger partial charge in [-0.1, -0.05) is 24.3 Å². The third kappa shape index (κ3) is 3.17.